The van der Waals surface area contributed by atoms with Crippen LogP contribution in [0, 0.1) is 0 Å². The zero-order valence-corrected chi connectivity index (χ0v) is 15.1. The van der Waals surface area contributed by atoms with E-state index >= 15 is 0 Å². The van der Waals surface area contributed by atoms with Crippen LogP contribution in [0.4, 0.5) is 5.69 Å². The molecule has 0 saturated heterocycles. The Morgan fingerprint density at radius 2 is 1.56 bits per heavy atom. The number of hydrogen-bond donors (Lipinski definition) is 1. The second-order valence-electron chi connectivity index (χ2n) is 6.34. The molecule has 6 heteroatoms. The Kier molecular flexibility index (Phi) is 5.16. The first-order valence-electron chi connectivity index (χ1n) is 8.75. The van der Waals surface area contributed by atoms with E-state index < -0.39 is 18.0 Å². The molecule has 1 atom stereocenters. The molecule has 3 rings (SSSR count). The Bertz CT molecular complexity index is 947. The molecule has 0 heterocycles. The quantitative estimate of drug-likeness (QED) is 0.702. The van der Waals surface area contributed by atoms with Crippen LogP contribution >= 0.6 is 0 Å². The number of benzene rings is 2. The molecule has 1 aliphatic rings. The molecule has 0 unspecified atom stereocenters. The van der Waals surface area contributed by atoms with Crippen LogP contribution in [0.1, 0.15) is 58.5 Å². The fourth-order valence-electron chi connectivity index (χ4n) is 2.93. The van der Waals surface area contributed by atoms with Crippen LogP contribution in [0.25, 0.3) is 0 Å². The number of rotatable bonds is 5. The lowest BCUT2D eigenvalue weighted by molar-refractivity contribution is -0.153. The van der Waals surface area contributed by atoms with Crippen LogP contribution in [-0.4, -0.2) is 29.5 Å². The van der Waals surface area contributed by atoms with Crippen LogP contribution in [0.15, 0.2) is 42.5 Å². The highest BCUT2D eigenvalue weighted by atomic mass is 16.5. The number of anilines is 1. The molecule has 0 aromatic heterocycles. The van der Waals surface area contributed by atoms with Gasteiger partial charge in [-0.05, 0) is 31.5 Å². The van der Waals surface area contributed by atoms with Gasteiger partial charge in [-0.15, -0.1) is 0 Å². The molecular formula is C21H19NO5. The lowest BCUT2D eigenvalue weighted by atomic mass is 9.84. The Labute approximate surface area is 156 Å². The predicted molar refractivity (Wildman–Crippen MR) is 98.8 cm³/mol. The SMILES string of the molecule is CCCC(=O)O[C@H](C)C(=O)Nc1ccc2c(c1)C(=O)c1ccccc1C2=O. The Morgan fingerprint density at radius 1 is 0.963 bits per heavy atom. The number of ketones is 2. The number of esters is 1. The second-order valence-corrected chi connectivity index (χ2v) is 6.34. The van der Waals surface area contributed by atoms with Gasteiger partial charge >= 0.3 is 5.97 Å². The van der Waals surface area contributed by atoms with Gasteiger partial charge in [0.2, 0.25) is 0 Å². The van der Waals surface area contributed by atoms with Gasteiger partial charge in [-0.3, -0.25) is 19.2 Å². The second kappa shape index (κ2) is 7.53. The largest absolute Gasteiger partial charge is 0.453 e. The summed E-state index contributed by atoms with van der Waals surface area (Å²) in [5.41, 5.74) is 1.63. The molecule has 1 N–H and O–H groups in total. The highest BCUT2D eigenvalue weighted by Gasteiger charge is 2.29. The number of nitrogens with one attached hydrogen (secondary N) is 1. The van der Waals surface area contributed by atoms with Crippen LogP contribution in [0.2, 0.25) is 0 Å². The molecule has 1 aliphatic carbocycles. The average Bonchev–Trinajstić information content (AvgIpc) is 2.66. The molecule has 1 amide bonds. The molecule has 0 bridgehead atoms. The molecule has 2 aromatic rings. The van der Waals surface area contributed by atoms with Crippen molar-refractivity contribution in [1.29, 1.82) is 0 Å². The lowest BCUT2D eigenvalue weighted by Crippen LogP contribution is -2.30. The van der Waals surface area contributed by atoms with Gasteiger partial charge in [-0.2, -0.15) is 0 Å². The highest BCUT2D eigenvalue weighted by Crippen LogP contribution is 2.29. The topological polar surface area (TPSA) is 89.5 Å². The zero-order valence-electron chi connectivity index (χ0n) is 15.1. The molecule has 0 spiro atoms. The van der Waals surface area contributed by atoms with Gasteiger partial charge in [0, 0.05) is 34.4 Å². The van der Waals surface area contributed by atoms with Gasteiger partial charge in [0.25, 0.3) is 5.91 Å². The first-order valence-corrected chi connectivity index (χ1v) is 8.75. The number of carbonyl (C=O) groups is 4. The Morgan fingerprint density at radius 3 is 2.19 bits per heavy atom. The van der Waals surface area contributed by atoms with E-state index in [4.69, 9.17) is 4.74 Å². The van der Waals surface area contributed by atoms with Gasteiger partial charge in [0.05, 0.1) is 0 Å². The Balaban J connectivity index is 1.80. The molecule has 0 aliphatic heterocycles. The molecule has 138 valence electrons. The fourth-order valence-corrected chi connectivity index (χ4v) is 2.93. The predicted octanol–water partition coefficient (Wildman–Crippen LogP) is 3.13. The van der Waals surface area contributed by atoms with E-state index in [1.807, 2.05) is 6.92 Å². The molecule has 27 heavy (non-hydrogen) atoms. The van der Waals surface area contributed by atoms with Crippen molar-refractivity contribution >= 4 is 29.1 Å². The van der Waals surface area contributed by atoms with E-state index in [9.17, 15) is 19.2 Å². The van der Waals surface area contributed by atoms with E-state index in [2.05, 4.69) is 5.32 Å². The van der Waals surface area contributed by atoms with Gasteiger partial charge in [0.15, 0.2) is 17.7 Å². The number of fused-ring (bicyclic) bond motifs is 2. The molecule has 0 fully saturated rings. The first-order chi connectivity index (χ1) is 12.9. The smallest absolute Gasteiger partial charge is 0.306 e. The summed E-state index contributed by atoms with van der Waals surface area (Å²) in [5, 5.41) is 2.62. The number of ether oxygens (including phenoxy) is 1. The van der Waals surface area contributed by atoms with Crippen molar-refractivity contribution in [2.75, 3.05) is 5.32 Å². The molecule has 0 saturated carbocycles. The summed E-state index contributed by atoms with van der Waals surface area (Å²) in [6, 6.07) is 11.2. The van der Waals surface area contributed by atoms with Gasteiger partial charge in [-0.25, -0.2) is 0 Å². The van der Waals surface area contributed by atoms with Crippen molar-refractivity contribution in [3.05, 3.63) is 64.7 Å². The van der Waals surface area contributed by atoms with Crippen LogP contribution < -0.4 is 5.32 Å². The van der Waals surface area contributed by atoms with Crippen molar-refractivity contribution in [2.45, 2.75) is 32.8 Å². The number of carbonyl (C=O) groups excluding carboxylic acids is 4. The van der Waals surface area contributed by atoms with Crippen molar-refractivity contribution in [1.82, 2.24) is 0 Å². The van der Waals surface area contributed by atoms with Crippen LogP contribution in [0.3, 0.4) is 0 Å². The number of amides is 1. The summed E-state index contributed by atoms with van der Waals surface area (Å²) in [7, 11) is 0. The number of hydrogen-bond acceptors (Lipinski definition) is 5. The summed E-state index contributed by atoms with van der Waals surface area (Å²) in [5.74, 6) is -1.43. The maximum atomic E-state index is 12.7. The van der Waals surface area contributed by atoms with Gasteiger partial charge in [0.1, 0.15) is 0 Å². The third kappa shape index (κ3) is 3.65. The maximum Gasteiger partial charge on any atom is 0.306 e. The van der Waals surface area contributed by atoms with Gasteiger partial charge in [-0.1, -0.05) is 31.2 Å². The van der Waals surface area contributed by atoms with Crippen LogP contribution in [0.5, 0.6) is 0 Å². The molecular weight excluding hydrogens is 346 g/mol. The monoisotopic (exact) mass is 365 g/mol. The molecule has 0 radical (unpaired) electrons. The highest BCUT2D eigenvalue weighted by molar-refractivity contribution is 6.28. The van der Waals surface area contributed by atoms with E-state index in [0.29, 0.717) is 28.8 Å². The van der Waals surface area contributed by atoms with E-state index in [-0.39, 0.29) is 23.6 Å². The van der Waals surface area contributed by atoms with E-state index in [0.717, 1.165) is 0 Å². The Hall–Kier alpha value is -3.28. The van der Waals surface area contributed by atoms with Gasteiger partial charge < -0.3 is 10.1 Å². The average molecular weight is 365 g/mol. The van der Waals surface area contributed by atoms with Crippen molar-refractivity contribution < 1.29 is 23.9 Å². The van der Waals surface area contributed by atoms with Crippen molar-refractivity contribution in [3.8, 4) is 0 Å². The summed E-state index contributed by atoms with van der Waals surface area (Å²) in [6.07, 6.45) is -0.0830. The molecule has 6 nitrogen and oxygen atoms in total. The third-order valence-corrected chi connectivity index (χ3v) is 4.32. The third-order valence-electron chi connectivity index (χ3n) is 4.32. The van der Waals surface area contributed by atoms with Crippen molar-refractivity contribution in [2.24, 2.45) is 0 Å². The lowest BCUT2D eigenvalue weighted by Gasteiger charge is -2.19. The standard InChI is InChI=1S/C21H19NO5/c1-3-6-18(23)27-12(2)21(26)22-13-9-10-16-17(11-13)20(25)15-8-5-4-7-14(15)19(16)24/h4-5,7-12H,3,6H2,1-2H3,(H,22,26)/t12-/m1/s1. The summed E-state index contributed by atoms with van der Waals surface area (Å²) < 4.78 is 5.05. The summed E-state index contributed by atoms with van der Waals surface area (Å²) >= 11 is 0. The minimum absolute atomic E-state index is 0.222. The van der Waals surface area contributed by atoms with E-state index in [1.54, 1.807) is 30.3 Å². The normalized spacial score (nSPS) is 13.4. The molecule has 2 aromatic carbocycles. The zero-order chi connectivity index (χ0) is 19.6. The summed E-state index contributed by atoms with van der Waals surface area (Å²) in [4.78, 5) is 49.0. The minimum Gasteiger partial charge on any atom is -0.453 e. The van der Waals surface area contributed by atoms with Crippen LogP contribution in [-0.2, 0) is 14.3 Å². The fraction of sp³-hybridized carbons (Fsp3) is 0.238. The van der Waals surface area contributed by atoms with Crippen molar-refractivity contribution in [3.63, 3.8) is 0 Å². The maximum absolute atomic E-state index is 12.7. The minimum atomic E-state index is -0.960. The van der Waals surface area contributed by atoms with E-state index in [1.165, 1.54) is 19.1 Å². The first kappa shape index (κ1) is 18.5. The summed E-state index contributed by atoms with van der Waals surface area (Å²) in [6.45, 7) is 3.32.